The SMILES string of the molecule is CC(C)N(O)C1N=CC(=Cc2cc(C(C)(C)C)c(O)c(C(C)(C)C)c2)S1=O. The van der Waals surface area contributed by atoms with Crippen molar-refractivity contribution in [2.75, 3.05) is 0 Å². The standard InChI is InChI=1S/C21H32N2O3S/c1-13(2)23(25)19-22-12-15(27(19)26)9-14-10-16(20(3,4)5)18(24)17(11-14)21(6,7)8/h9-13,19,24-25H,1-8H3. The van der Waals surface area contributed by atoms with Crippen LogP contribution in [0.3, 0.4) is 0 Å². The van der Waals surface area contributed by atoms with Crippen LogP contribution in [-0.4, -0.2) is 37.3 Å². The van der Waals surface area contributed by atoms with E-state index in [1.807, 2.05) is 32.1 Å². The molecular weight excluding hydrogens is 360 g/mol. The van der Waals surface area contributed by atoms with Crippen molar-refractivity contribution in [3.05, 3.63) is 33.7 Å². The first-order valence-corrected chi connectivity index (χ1v) is 10.5. The van der Waals surface area contributed by atoms with Crippen molar-refractivity contribution in [3.63, 3.8) is 0 Å². The molecule has 5 nitrogen and oxygen atoms in total. The van der Waals surface area contributed by atoms with Gasteiger partial charge in [-0.15, -0.1) is 0 Å². The molecular formula is C21H32N2O3S. The van der Waals surface area contributed by atoms with Gasteiger partial charge in [0.05, 0.1) is 15.7 Å². The average Bonchev–Trinajstić information content (AvgIpc) is 2.86. The Kier molecular flexibility index (Phi) is 6.05. The molecule has 0 fully saturated rings. The number of aliphatic imine (C=N–C) groups is 1. The highest BCUT2D eigenvalue weighted by Crippen LogP contribution is 2.40. The molecule has 1 aromatic carbocycles. The highest BCUT2D eigenvalue weighted by atomic mass is 32.2. The lowest BCUT2D eigenvalue weighted by atomic mass is 9.78. The van der Waals surface area contributed by atoms with Gasteiger partial charge < -0.3 is 10.3 Å². The summed E-state index contributed by atoms with van der Waals surface area (Å²) in [5, 5.41) is 21.9. The summed E-state index contributed by atoms with van der Waals surface area (Å²) in [6, 6.07) is 3.70. The number of hydrogen-bond acceptors (Lipinski definition) is 5. The largest absolute Gasteiger partial charge is 0.507 e. The predicted molar refractivity (Wildman–Crippen MR) is 113 cm³/mol. The average molecular weight is 393 g/mol. The molecule has 2 rings (SSSR count). The molecule has 0 aliphatic carbocycles. The fourth-order valence-corrected chi connectivity index (χ4v) is 4.20. The minimum Gasteiger partial charge on any atom is -0.507 e. The molecule has 0 amide bonds. The van der Waals surface area contributed by atoms with Gasteiger partial charge in [-0.25, -0.2) is 0 Å². The molecule has 0 saturated heterocycles. The Bertz CT molecular complexity index is 764. The molecule has 2 unspecified atom stereocenters. The summed E-state index contributed by atoms with van der Waals surface area (Å²) in [6.45, 7) is 16.0. The summed E-state index contributed by atoms with van der Waals surface area (Å²) in [5.41, 5.74) is 1.33. The number of aromatic hydroxyl groups is 1. The number of phenols is 1. The first-order valence-electron chi connectivity index (χ1n) is 9.24. The first-order chi connectivity index (χ1) is 12.2. The van der Waals surface area contributed by atoms with Gasteiger partial charge in [0.1, 0.15) is 5.75 Å². The van der Waals surface area contributed by atoms with E-state index in [2.05, 4.69) is 46.5 Å². The van der Waals surface area contributed by atoms with Gasteiger partial charge in [-0.3, -0.25) is 9.20 Å². The zero-order valence-electron chi connectivity index (χ0n) is 17.6. The van der Waals surface area contributed by atoms with Crippen LogP contribution in [0.1, 0.15) is 72.1 Å². The monoisotopic (exact) mass is 392 g/mol. The molecule has 0 saturated carbocycles. The van der Waals surface area contributed by atoms with Crippen molar-refractivity contribution in [2.24, 2.45) is 4.99 Å². The molecule has 6 heteroatoms. The maximum atomic E-state index is 12.8. The van der Waals surface area contributed by atoms with Crippen molar-refractivity contribution >= 4 is 23.1 Å². The van der Waals surface area contributed by atoms with Crippen LogP contribution in [0.2, 0.25) is 0 Å². The second-order valence-electron chi connectivity index (χ2n) is 9.39. The lowest BCUT2D eigenvalue weighted by molar-refractivity contribution is -0.125. The minimum atomic E-state index is -1.46. The summed E-state index contributed by atoms with van der Waals surface area (Å²) in [5.74, 6) is 0.317. The summed E-state index contributed by atoms with van der Waals surface area (Å²) in [7, 11) is -1.46. The molecule has 1 aromatic rings. The van der Waals surface area contributed by atoms with Crippen molar-refractivity contribution in [1.82, 2.24) is 5.06 Å². The molecule has 2 atom stereocenters. The maximum Gasteiger partial charge on any atom is 0.204 e. The topological polar surface area (TPSA) is 73.1 Å². The number of hydrogen-bond donors (Lipinski definition) is 2. The van der Waals surface area contributed by atoms with E-state index in [9.17, 15) is 14.5 Å². The van der Waals surface area contributed by atoms with Gasteiger partial charge in [0, 0.05) is 23.4 Å². The number of hydroxylamine groups is 2. The summed E-state index contributed by atoms with van der Waals surface area (Å²) >= 11 is 0. The first kappa shape index (κ1) is 21.8. The Morgan fingerprint density at radius 3 is 2.00 bits per heavy atom. The second-order valence-corrected chi connectivity index (χ2v) is 10.9. The Balaban J connectivity index is 2.53. The van der Waals surface area contributed by atoms with Gasteiger partial charge >= 0.3 is 0 Å². The molecule has 0 radical (unpaired) electrons. The molecule has 1 aliphatic heterocycles. The third-order valence-electron chi connectivity index (χ3n) is 4.57. The van der Waals surface area contributed by atoms with E-state index in [0.29, 0.717) is 10.7 Å². The van der Waals surface area contributed by atoms with Crippen LogP contribution in [0.5, 0.6) is 5.75 Å². The van der Waals surface area contributed by atoms with Crippen molar-refractivity contribution < 1.29 is 14.5 Å². The van der Waals surface area contributed by atoms with Crippen LogP contribution in [0, 0.1) is 0 Å². The van der Waals surface area contributed by atoms with Gasteiger partial charge in [-0.05, 0) is 48.4 Å². The van der Waals surface area contributed by atoms with E-state index >= 15 is 0 Å². The predicted octanol–water partition coefficient (Wildman–Crippen LogP) is 4.54. The third-order valence-corrected chi connectivity index (χ3v) is 5.97. The van der Waals surface area contributed by atoms with E-state index in [0.717, 1.165) is 21.8 Å². The fraction of sp³-hybridized carbons (Fsp3) is 0.571. The number of phenolic OH excluding ortho intramolecular Hbond substituents is 1. The smallest absolute Gasteiger partial charge is 0.204 e. The Morgan fingerprint density at radius 2 is 1.59 bits per heavy atom. The zero-order valence-corrected chi connectivity index (χ0v) is 18.4. The fourth-order valence-electron chi connectivity index (χ4n) is 2.93. The molecule has 0 aromatic heterocycles. The Morgan fingerprint density at radius 1 is 1.11 bits per heavy atom. The molecule has 1 aliphatic rings. The Hall–Kier alpha value is -1.50. The Labute approximate surface area is 165 Å². The van der Waals surface area contributed by atoms with E-state index in [1.165, 1.54) is 0 Å². The lowest BCUT2D eigenvalue weighted by Gasteiger charge is -2.28. The van der Waals surface area contributed by atoms with Crippen molar-refractivity contribution in [1.29, 1.82) is 0 Å². The van der Waals surface area contributed by atoms with Crippen LogP contribution in [0.25, 0.3) is 6.08 Å². The van der Waals surface area contributed by atoms with Crippen LogP contribution in [-0.2, 0) is 21.6 Å². The van der Waals surface area contributed by atoms with Gasteiger partial charge in [0.15, 0.2) is 0 Å². The van der Waals surface area contributed by atoms with Crippen molar-refractivity contribution in [3.8, 4) is 5.75 Å². The van der Waals surface area contributed by atoms with Crippen LogP contribution < -0.4 is 0 Å². The molecule has 150 valence electrons. The van der Waals surface area contributed by atoms with E-state index in [-0.39, 0.29) is 16.9 Å². The molecule has 27 heavy (non-hydrogen) atoms. The van der Waals surface area contributed by atoms with Crippen LogP contribution in [0.4, 0.5) is 0 Å². The second kappa shape index (κ2) is 7.49. The third kappa shape index (κ3) is 4.68. The van der Waals surface area contributed by atoms with E-state index < -0.39 is 16.3 Å². The number of benzene rings is 1. The van der Waals surface area contributed by atoms with Gasteiger partial charge in [0.2, 0.25) is 5.50 Å². The lowest BCUT2D eigenvalue weighted by Crippen LogP contribution is -2.37. The molecule has 1 heterocycles. The highest BCUT2D eigenvalue weighted by Gasteiger charge is 2.31. The number of rotatable bonds is 3. The molecule has 0 bridgehead atoms. The zero-order chi connectivity index (χ0) is 20.7. The van der Waals surface area contributed by atoms with Gasteiger partial charge in [-0.1, -0.05) is 41.5 Å². The van der Waals surface area contributed by atoms with E-state index in [4.69, 9.17) is 0 Å². The molecule has 0 spiro atoms. The van der Waals surface area contributed by atoms with E-state index in [1.54, 1.807) is 6.21 Å². The van der Waals surface area contributed by atoms with Crippen molar-refractivity contribution in [2.45, 2.75) is 77.8 Å². The number of allylic oxidation sites excluding steroid dienone is 1. The van der Waals surface area contributed by atoms with Crippen LogP contribution in [0.15, 0.2) is 22.0 Å². The highest BCUT2D eigenvalue weighted by molar-refractivity contribution is 7.91. The molecule has 2 N–H and O–H groups in total. The van der Waals surface area contributed by atoms with Gasteiger partial charge in [0.25, 0.3) is 0 Å². The summed E-state index contributed by atoms with van der Waals surface area (Å²) < 4.78 is 12.8. The maximum absolute atomic E-state index is 12.8. The van der Waals surface area contributed by atoms with Gasteiger partial charge in [-0.2, -0.15) is 5.06 Å². The summed E-state index contributed by atoms with van der Waals surface area (Å²) in [4.78, 5) is 4.77. The number of nitrogens with zero attached hydrogens (tertiary/aromatic N) is 2. The summed E-state index contributed by atoms with van der Waals surface area (Å²) in [6.07, 6.45) is 3.39. The minimum absolute atomic E-state index is 0.177. The quantitative estimate of drug-likeness (QED) is 0.741. The van der Waals surface area contributed by atoms with Crippen LogP contribution >= 0.6 is 0 Å². The normalized spacial score (nSPS) is 22.4.